The molecule has 0 aromatic heterocycles. The Morgan fingerprint density at radius 3 is 2.54 bits per heavy atom. The third kappa shape index (κ3) is 7.30. The molecule has 0 spiro atoms. The minimum absolute atomic E-state index is 0.0496. The highest BCUT2D eigenvalue weighted by Crippen LogP contribution is 2.28. The van der Waals surface area contributed by atoms with E-state index in [0.29, 0.717) is 35.7 Å². The molecule has 2 aromatic rings. The smallest absolute Gasteiger partial charge is 0.319 e. The maximum absolute atomic E-state index is 13.1. The van der Waals surface area contributed by atoms with Crippen molar-refractivity contribution in [1.29, 1.82) is 0 Å². The molecule has 1 heterocycles. The fraction of sp³-hybridized carbons (Fsp3) is 0.385. The summed E-state index contributed by atoms with van der Waals surface area (Å²) in [4.78, 5) is 41.8. The number of hydrogen-bond donors (Lipinski definition) is 3. The van der Waals surface area contributed by atoms with Crippen LogP contribution < -0.4 is 15.5 Å². The molecule has 2 aromatic carbocycles. The zero-order valence-electron chi connectivity index (χ0n) is 20.5. The Bertz CT molecular complexity index is 1080. The van der Waals surface area contributed by atoms with Gasteiger partial charge in [-0.05, 0) is 49.4 Å². The lowest BCUT2D eigenvalue weighted by molar-refractivity contribution is -0.134. The van der Waals surface area contributed by atoms with Crippen LogP contribution >= 0.6 is 0 Å². The summed E-state index contributed by atoms with van der Waals surface area (Å²) < 4.78 is 0. The molecule has 9 heteroatoms. The molecule has 186 valence electrons. The van der Waals surface area contributed by atoms with Crippen molar-refractivity contribution in [2.75, 3.05) is 36.4 Å². The highest BCUT2D eigenvalue weighted by molar-refractivity contribution is 6.02. The molecule has 1 saturated heterocycles. The predicted molar refractivity (Wildman–Crippen MR) is 136 cm³/mol. The molecule has 3 rings (SSSR count). The van der Waals surface area contributed by atoms with Crippen molar-refractivity contribution < 1.29 is 19.6 Å². The Labute approximate surface area is 205 Å². The van der Waals surface area contributed by atoms with Gasteiger partial charge in [0.05, 0.1) is 12.3 Å². The lowest BCUT2D eigenvalue weighted by atomic mass is 9.84. The number of anilines is 2. The van der Waals surface area contributed by atoms with Crippen LogP contribution in [0.1, 0.15) is 39.2 Å². The van der Waals surface area contributed by atoms with Crippen molar-refractivity contribution in [3.05, 3.63) is 60.2 Å². The lowest BCUT2D eigenvalue weighted by Crippen LogP contribution is -2.50. The first-order chi connectivity index (χ1) is 16.7. The number of rotatable bonds is 7. The average molecular weight is 480 g/mol. The third-order valence-corrected chi connectivity index (χ3v) is 6.00. The van der Waals surface area contributed by atoms with Crippen molar-refractivity contribution in [2.45, 2.75) is 33.6 Å². The summed E-state index contributed by atoms with van der Waals surface area (Å²) >= 11 is 0. The van der Waals surface area contributed by atoms with Gasteiger partial charge in [-0.2, -0.15) is 0 Å². The monoisotopic (exact) mass is 479 g/mol. The Hall–Kier alpha value is -3.88. The Morgan fingerprint density at radius 1 is 1.11 bits per heavy atom. The maximum atomic E-state index is 13.1. The molecule has 1 aliphatic heterocycles. The van der Waals surface area contributed by atoms with Gasteiger partial charge in [0, 0.05) is 30.0 Å². The summed E-state index contributed by atoms with van der Waals surface area (Å²) in [6.07, 6.45) is 2.00. The molecular formula is C26H33N5O4. The number of likely N-dealkylation sites (tertiary alicyclic amines) is 1. The van der Waals surface area contributed by atoms with Crippen molar-refractivity contribution in [1.82, 2.24) is 10.2 Å². The van der Waals surface area contributed by atoms with Gasteiger partial charge >= 0.3 is 6.03 Å². The summed E-state index contributed by atoms with van der Waals surface area (Å²) in [7, 11) is 0. The van der Waals surface area contributed by atoms with Gasteiger partial charge in [-0.25, -0.2) is 4.79 Å². The van der Waals surface area contributed by atoms with Crippen LogP contribution in [0.3, 0.4) is 0 Å². The van der Waals surface area contributed by atoms with Crippen LogP contribution in [0.15, 0.2) is 59.8 Å². The van der Waals surface area contributed by atoms with Crippen molar-refractivity contribution in [3.8, 4) is 0 Å². The highest BCUT2D eigenvalue weighted by atomic mass is 16.4. The largest absolute Gasteiger partial charge is 0.411 e. The number of piperidine rings is 1. The maximum Gasteiger partial charge on any atom is 0.319 e. The fourth-order valence-corrected chi connectivity index (χ4v) is 4.11. The second-order valence-electron chi connectivity index (χ2n) is 9.47. The molecule has 9 nitrogen and oxygen atoms in total. The fourth-order valence-electron chi connectivity index (χ4n) is 4.11. The Morgan fingerprint density at radius 2 is 1.86 bits per heavy atom. The quantitative estimate of drug-likeness (QED) is 0.319. The molecule has 35 heavy (non-hydrogen) atoms. The topological polar surface area (TPSA) is 114 Å². The van der Waals surface area contributed by atoms with Crippen molar-refractivity contribution >= 4 is 34.9 Å². The van der Waals surface area contributed by atoms with Crippen LogP contribution in [-0.4, -0.2) is 59.8 Å². The molecule has 0 saturated carbocycles. The zero-order valence-corrected chi connectivity index (χ0v) is 20.5. The lowest BCUT2D eigenvalue weighted by Gasteiger charge is -2.39. The van der Waals surface area contributed by atoms with Crippen LogP contribution in [0.25, 0.3) is 0 Å². The number of oxime groups is 1. The van der Waals surface area contributed by atoms with Gasteiger partial charge in [-0.15, -0.1) is 0 Å². The van der Waals surface area contributed by atoms with Crippen molar-refractivity contribution in [3.63, 3.8) is 0 Å². The highest BCUT2D eigenvalue weighted by Gasteiger charge is 2.30. The van der Waals surface area contributed by atoms with Gasteiger partial charge in [-0.1, -0.05) is 49.3 Å². The van der Waals surface area contributed by atoms with Crippen LogP contribution in [0.4, 0.5) is 16.2 Å². The van der Waals surface area contributed by atoms with Crippen LogP contribution in [0.5, 0.6) is 0 Å². The molecule has 4 amide bonds. The Balaban J connectivity index is 1.64. The number of carbonyl (C=O) groups is 3. The normalized spacial score (nSPS) is 15.3. The van der Waals surface area contributed by atoms with Gasteiger partial charge in [0.25, 0.3) is 0 Å². The zero-order chi connectivity index (χ0) is 25.4. The van der Waals surface area contributed by atoms with Gasteiger partial charge < -0.3 is 25.6 Å². The van der Waals surface area contributed by atoms with E-state index in [1.165, 1.54) is 4.90 Å². The molecule has 0 aliphatic carbocycles. The summed E-state index contributed by atoms with van der Waals surface area (Å²) in [5.74, 6) is -0.509. The summed E-state index contributed by atoms with van der Waals surface area (Å²) in [5, 5.41) is 17.3. The van der Waals surface area contributed by atoms with Gasteiger partial charge in [-0.3, -0.25) is 9.59 Å². The second-order valence-corrected chi connectivity index (χ2v) is 9.47. The summed E-state index contributed by atoms with van der Waals surface area (Å²) in [5.41, 5.74) is 2.18. The van der Waals surface area contributed by atoms with Crippen molar-refractivity contribution in [2.24, 2.45) is 10.6 Å². The van der Waals surface area contributed by atoms with E-state index in [9.17, 15) is 14.4 Å². The van der Waals surface area contributed by atoms with E-state index < -0.39 is 11.9 Å². The number of amides is 4. The summed E-state index contributed by atoms with van der Waals surface area (Å²) in [6.45, 7) is 6.88. The van der Waals surface area contributed by atoms with E-state index >= 15 is 0 Å². The van der Waals surface area contributed by atoms with E-state index in [1.54, 1.807) is 55.5 Å². The molecule has 3 N–H and O–H groups in total. The first-order valence-electron chi connectivity index (χ1n) is 11.7. The standard InChI is InChI=1S/C26H33N5O4/c1-19(29-35)20-9-7-10-21(15-20)28-25(34)27-16-23(32)31(22-11-5-4-6-12-22)17-24(33)30-14-8-13-26(2,3)18-30/h4-7,9-12,15,35H,8,13-14,16-18H2,1-3H3,(H2,27,28,34)/b29-19+. The number of para-hydroxylation sites is 1. The van der Waals surface area contributed by atoms with Gasteiger partial charge in [0.2, 0.25) is 11.8 Å². The Kier molecular flexibility index (Phi) is 8.46. The second kappa shape index (κ2) is 11.5. The molecule has 0 unspecified atom stereocenters. The number of hydrogen-bond acceptors (Lipinski definition) is 5. The minimum Gasteiger partial charge on any atom is -0.411 e. The molecule has 1 fully saturated rings. The van der Waals surface area contributed by atoms with Crippen LogP contribution in [0, 0.1) is 5.41 Å². The van der Waals surface area contributed by atoms with Crippen LogP contribution in [0.2, 0.25) is 0 Å². The number of nitrogens with zero attached hydrogens (tertiary/aromatic N) is 3. The average Bonchev–Trinajstić information content (AvgIpc) is 2.85. The van der Waals surface area contributed by atoms with E-state index in [1.807, 2.05) is 11.0 Å². The molecule has 0 bridgehead atoms. The molecule has 0 radical (unpaired) electrons. The first-order valence-corrected chi connectivity index (χ1v) is 11.7. The summed E-state index contributed by atoms with van der Waals surface area (Å²) in [6, 6.07) is 15.2. The number of benzene rings is 2. The van der Waals surface area contributed by atoms with Crippen LogP contribution in [-0.2, 0) is 9.59 Å². The SMILES string of the molecule is C/C(=N\O)c1cccc(NC(=O)NCC(=O)N(CC(=O)N2CCCC(C)(C)C2)c2ccccc2)c1. The van der Waals surface area contributed by atoms with E-state index in [-0.39, 0.29) is 24.4 Å². The number of carbonyl (C=O) groups excluding carboxylic acids is 3. The third-order valence-electron chi connectivity index (χ3n) is 6.00. The van der Waals surface area contributed by atoms with E-state index in [4.69, 9.17) is 5.21 Å². The first kappa shape index (κ1) is 25.7. The number of nitrogens with one attached hydrogen (secondary N) is 2. The molecule has 0 atom stereocenters. The number of urea groups is 1. The van der Waals surface area contributed by atoms with Gasteiger partial charge in [0.1, 0.15) is 6.54 Å². The predicted octanol–water partition coefficient (Wildman–Crippen LogP) is 3.69. The van der Waals surface area contributed by atoms with E-state index in [0.717, 1.165) is 12.8 Å². The molecular weight excluding hydrogens is 446 g/mol. The van der Waals surface area contributed by atoms with Gasteiger partial charge in [0.15, 0.2) is 0 Å². The van der Waals surface area contributed by atoms with E-state index in [2.05, 4.69) is 29.6 Å². The molecule has 1 aliphatic rings. The minimum atomic E-state index is -0.564.